The van der Waals surface area contributed by atoms with Crippen molar-refractivity contribution in [3.63, 3.8) is 0 Å². The maximum Gasteiger partial charge on any atom is 0.410 e. The Labute approximate surface area is 331 Å². The molecule has 0 aliphatic carbocycles. The van der Waals surface area contributed by atoms with Crippen molar-refractivity contribution in [2.75, 3.05) is 33.8 Å². The van der Waals surface area contributed by atoms with Gasteiger partial charge < -0.3 is 33.7 Å². The summed E-state index contributed by atoms with van der Waals surface area (Å²) in [6.45, 7) is 15.9. The summed E-state index contributed by atoms with van der Waals surface area (Å²) in [6, 6.07) is 9.43. The highest BCUT2D eigenvalue weighted by Crippen LogP contribution is 2.43. The second-order valence-electron chi connectivity index (χ2n) is 17.3. The van der Waals surface area contributed by atoms with Gasteiger partial charge in [0.1, 0.15) is 18.1 Å². The van der Waals surface area contributed by atoms with Crippen molar-refractivity contribution in [1.29, 1.82) is 0 Å². The third kappa shape index (κ3) is 8.25. The summed E-state index contributed by atoms with van der Waals surface area (Å²) >= 11 is 0. The number of carbonyl (C=O) groups is 3. The van der Waals surface area contributed by atoms with Gasteiger partial charge in [-0.05, 0) is 98.0 Å². The Bertz CT molecular complexity index is 1790. The first-order valence-electron chi connectivity index (χ1n) is 20.4. The number of fused-ring (bicyclic) bond motifs is 2. The van der Waals surface area contributed by atoms with E-state index >= 15 is 0 Å². The van der Waals surface area contributed by atoms with Crippen molar-refractivity contribution in [2.45, 2.75) is 135 Å². The van der Waals surface area contributed by atoms with Crippen molar-refractivity contribution in [3.05, 3.63) is 42.1 Å². The number of aliphatic hydroxyl groups is 1. The van der Waals surface area contributed by atoms with Crippen LogP contribution >= 0.6 is 0 Å². The number of hydrogen-bond donors (Lipinski definition) is 1. The Morgan fingerprint density at radius 1 is 1.04 bits per heavy atom. The largest absolute Gasteiger partial charge is 0.458 e. The molecule has 2 aromatic rings. The molecule has 1 aromatic heterocycles. The molecule has 56 heavy (non-hydrogen) atoms. The van der Waals surface area contributed by atoms with Crippen LogP contribution in [0, 0.1) is 23.7 Å². The minimum absolute atomic E-state index is 0.197. The third-order valence-electron chi connectivity index (χ3n) is 12.9. The van der Waals surface area contributed by atoms with Crippen molar-refractivity contribution in [2.24, 2.45) is 28.7 Å². The summed E-state index contributed by atoms with van der Waals surface area (Å²) in [7, 11) is 3.82. The predicted molar refractivity (Wildman–Crippen MR) is 211 cm³/mol. The van der Waals surface area contributed by atoms with Gasteiger partial charge in [-0.1, -0.05) is 39.0 Å². The van der Waals surface area contributed by atoms with Crippen molar-refractivity contribution in [1.82, 2.24) is 14.8 Å². The van der Waals surface area contributed by atoms with Gasteiger partial charge in [-0.2, -0.15) is 0 Å². The highest BCUT2D eigenvalue weighted by Gasteiger charge is 2.60. The van der Waals surface area contributed by atoms with E-state index in [1.807, 2.05) is 70.2 Å². The maximum atomic E-state index is 14.5. The number of carbonyl (C=O) groups excluding carboxylic acids is 3. The fourth-order valence-corrected chi connectivity index (χ4v) is 9.70. The molecule has 13 nitrogen and oxygen atoms in total. The van der Waals surface area contributed by atoms with E-state index in [-0.39, 0.29) is 24.0 Å². The van der Waals surface area contributed by atoms with Crippen LogP contribution in [0.2, 0.25) is 0 Å². The van der Waals surface area contributed by atoms with E-state index in [2.05, 4.69) is 18.0 Å². The number of Topliss-reactive ketones (excluding diaryl/α,β-unsaturated/α-hetero) is 1. The third-order valence-corrected chi connectivity index (χ3v) is 12.9. The van der Waals surface area contributed by atoms with Gasteiger partial charge in [0, 0.05) is 48.3 Å². The van der Waals surface area contributed by atoms with Crippen LogP contribution < -0.4 is 0 Å². The molecule has 13 heteroatoms. The SMILES string of the molecule is C[C@H]1C(=O)O[C@@H](C)[C@@]2(C)OC(=O)N3CCN=C([C@H](C)C[C@](C)(OCCCc4cnc5ccccc5c4)[C@H](O[C@H]4O[C@@H](C)C[C@@H](N(C)C)C4O)[C@@H](C)C1=O)[C@@H](C)[C@@H]32. The minimum atomic E-state index is -1.19. The molecule has 0 spiro atoms. The molecule has 5 heterocycles. The van der Waals surface area contributed by atoms with Gasteiger partial charge in [0.2, 0.25) is 0 Å². The van der Waals surface area contributed by atoms with E-state index < -0.39 is 71.5 Å². The number of aryl methyl sites for hydroxylation is 1. The minimum Gasteiger partial charge on any atom is -0.458 e. The zero-order valence-electron chi connectivity index (χ0n) is 34.8. The first-order valence-corrected chi connectivity index (χ1v) is 20.4. The second-order valence-corrected chi connectivity index (χ2v) is 17.3. The van der Waals surface area contributed by atoms with Crippen LogP contribution in [-0.4, -0.2) is 131 Å². The molecule has 13 atom stereocenters. The molecule has 1 aromatic carbocycles. The quantitative estimate of drug-likeness (QED) is 0.213. The molecule has 4 aliphatic heterocycles. The zero-order chi connectivity index (χ0) is 40.7. The van der Waals surface area contributed by atoms with E-state index in [4.69, 9.17) is 28.7 Å². The fourth-order valence-electron chi connectivity index (χ4n) is 9.70. The molecule has 4 aliphatic rings. The fraction of sp³-hybridized carbons (Fsp3) is 0.698. The number of aliphatic hydroxyl groups excluding tert-OH is 1. The van der Waals surface area contributed by atoms with Crippen LogP contribution in [0.3, 0.4) is 0 Å². The smallest absolute Gasteiger partial charge is 0.410 e. The number of amides is 1. The molecular formula is C43H62N4O9. The second kappa shape index (κ2) is 16.8. The summed E-state index contributed by atoms with van der Waals surface area (Å²) in [6.07, 6.45) is -0.343. The number of hydrogen-bond acceptors (Lipinski definition) is 12. The number of benzene rings is 1. The number of cyclic esters (lactones) is 1. The first kappa shape index (κ1) is 42.1. The van der Waals surface area contributed by atoms with Gasteiger partial charge >= 0.3 is 12.1 Å². The summed E-state index contributed by atoms with van der Waals surface area (Å²) in [4.78, 5) is 55.1. The number of aromatic nitrogens is 1. The van der Waals surface area contributed by atoms with Gasteiger partial charge in [-0.3, -0.25) is 24.5 Å². The Kier molecular flexibility index (Phi) is 12.6. The van der Waals surface area contributed by atoms with Gasteiger partial charge in [0.05, 0.1) is 35.9 Å². The molecule has 3 fully saturated rings. The molecule has 2 bridgehead atoms. The Hall–Kier alpha value is -3.49. The normalized spacial score (nSPS) is 38.5. The molecule has 6 rings (SSSR count). The van der Waals surface area contributed by atoms with E-state index in [0.717, 1.165) is 22.2 Å². The predicted octanol–water partition coefficient (Wildman–Crippen LogP) is 5.24. The Balaban J connectivity index is 1.38. The summed E-state index contributed by atoms with van der Waals surface area (Å²) < 4.78 is 32.2. The van der Waals surface area contributed by atoms with Gasteiger partial charge in [-0.15, -0.1) is 0 Å². The van der Waals surface area contributed by atoms with E-state index in [1.54, 1.807) is 32.6 Å². The van der Waals surface area contributed by atoms with Crippen LogP contribution in [0.5, 0.6) is 0 Å². The topological polar surface area (TPSA) is 149 Å². The van der Waals surface area contributed by atoms with Crippen LogP contribution in [0.4, 0.5) is 4.79 Å². The number of pyridine rings is 1. The van der Waals surface area contributed by atoms with Crippen LogP contribution in [0.1, 0.15) is 80.2 Å². The number of ether oxygens (including phenoxy) is 5. The molecule has 1 amide bonds. The number of esters is 1. The standard InChI is InChI=1S/C43H62N4O9/c1-24-22-42(7,52-19-13-14-30-21-31-15-11-12-16-32(31)45-23-30)38(55-40-36(49)33(46(9)10)20-25(2)53-40)27(4)35(48)28(5)39(50)54-29(6)43(8)37-26(3)34(24)44-17-18-47(37)41(51)56-43/h11-12,15-16,21,23-29,33,36-38,40,49H,13-14,17-20,22H2,1-10H3/t24-,25+,26-,27+,28-,29+,33-,36?,37-,38-,40-,42+,43-/m1/s1. The molecule has 0 radical (unpaired) electrons. The van der Waals surface area contributed by atoms with Crippen molar-refractivity contribution in [3.8, 4) is 0 Å². The van der Waals surface area contributed by atoms with Crippen molar-refractivity contribution < 1.29 is 43.2 Å². The molecule has 0 saturated carbocycles. The lowest BCUT2D eigenvalue weighted by molar-refractivity contribution is -0.297. The number of rotatable bonds is 8. The summed E-state index contributed by atoms with van der Waals surface area (Å²) in [5, 5.41) is 12.7. The first-order chi connectivity index (χ1) is 26.4. The average molecular weight is 779 g/mol. The summed E-state index contributed by atoms with van der Waals surface area (Å²) in [5.41, 5.74) is 0.571. The molecular weight excluding hydrogens is 716 g/mol. The highest BCUT2D eigenvalue weighted by atomic mass is 16.7. The van der Waals surface area contributed by atoms with E-state index in [0.29, 0.717) is 45.4 Å². The number of para-hydroxylation sites is 1. The molecule has 1 N–H and O–H groups in total. The maximum absolute atomic E-state index is 14.5. The highest BCUT2D eigenvalue weighted by molar-refractivity contribution is 6.00. The number of aliphatic imine (C=N–C) groups is 1. The lowest BCUT2D eigenvalue weighted by Crippen LogP contribution is -2.60. The lowest BCUT2D eigenvalue weighted by atomic mass is 9.73. The van der Waals surface area contributed by atoms with E-state index in [9.17, 15) is 19.5 Å². The van der Waals surface area contributed by atoms with Gasteiger partial charge in [0.25, 0.3) is 0 Å². The Morgan fingerprint density at radius 2 is 1.77 bits per heavy atom. The lowest BCUT2D eigenvalue weighted by Gasteiger charge is -2.47. The van der Waals surface area contributed by atoms with Gasteiger partial charge in [-0.25, -0.2) is 4.79 Å². The molecule has 308 valence electrons. The van der Waals surface area contributed by atoms with E-state index in [1.165, 1.54) is 0 Å². The zero-order valence-corrected chi connectivity index (χ0v) is 34.8. The Morgan fingerprint density at radius 3 is 2.50 bits per heavy atom. The van der Waals surface area contributed by atoms with Crippen LogP contribution in [-0.2, 0) is 39.7 Å². The van der Waals surface area contributed by atoms with Crippen LogP contribution in [0.15, 0.2) is 41.5 Å². The molecule has 1 unspecified atom stereocenters. The van der Waals surface area contributed by atoms with Crippen molar-refractivity contribution >= 4 is 34.5 Å². The van der Waals surface area contributed by atoms with Gasteiger partial charge in [0.15, 0.2) is 17.7 Å². The number of likely N-dealkylation sites (N-methyl/N-ethyl adjacent to an activating group) is 1. The number of ketones is 1. The monoisotopic (exact) mass is 778 g/mol. The molecule has 3 saturated heterocycles. The summed E-state index contributed by atoms with van der Waals surface area (Å²) in [5.74, 6) is -3.63. The van der Waals surface area contributed by atoms with Crippen LogP contribution in [0.25, 0.3) is 10.9 Å². The number of nitrogens with zero attached hydrogens (tertiary/aromatic N) is 4. The average Bonchev–Trinajstić information content (AvgIpc) is 3.29.